The normalized spacial score (nSPS) is 13.6. The average Bonchev–Trinajstić information content (AvgIpc) is 2.55. The van der Waals surface area contributed by atoms with E-state index >= 15 is 0 Å². The highest BCUT2D eigenvalue weighted by Crippen LogP contribution is 2.18. The molecule has 1 atom stereocenters. The molecule has 0 heterocycles. The Morgan fingerprint density at radius 2 is 1.46 bits per heavy atom. The molecule has 0 bridgehead atoms. The number of hydrogen-bond acceptors (Lipinski definition) is 4. The van der Waals surface area contributed by atoms with E-state index in [1.807, 2.05) is 37.3 Å². The number of benzene rings is 2. The minimum atomic E-state index is -3.84. The van der Waals surface area contributed by atoms with E-state index in [0.29, 0.717) is 6.42 Å². The van der Waals surface area contributed by atoms with Gasteiger partial charge >= 0.3 is 0 Å². The molecule has 0 aliphatic heterocycles. The average molecular weight is 368 g/mol. The van der Waals surface area contributed by atoms with Crippen molar-refractivity contribution in [2.24, 2.45) is 5.14 Å². The molecule has 24 heavy (non-hydrogen) atoms. The van der Waals surface area contributed by atoms with Gasteiger partial charge in [0.2, 0.25) is 20.0 Å². The predicted octanol–water partition coefficient (Wildman–Crippen LogP) is 1.81. The Kier molecular flexibility index (Phi) is 5.76. The third kappa shape index (κ3) is 4.88. The molecule has 0 amide bonds. The van der Waals surface area contributed by atoms with Gasteiger partial charge in [-0.15, -0.1) is 0 Å². The van der Waals surface area contributed by atoms with Gasteiger partial charge in [-0.2, -0.15) is 0 Å². The third-order valence-electron chi connectivity index (χ3n) is 3.70. The summed E-state index contributed by atoms with van der Waals surface area (Å²) in [6.07, 6.45) is 0.651. The number of sulfonamides is 2. The molecule has 8 heteroatoms. The van der Waals surface area contributed by atoms with Crippen molar-refractivity contribution in [2.45, 2.75) is 29.1 Å². The fraction of sp³-hybridized carbons (Fsp3) is 0.250. The Hall–Kier alpha value is -1.74. The number of primary sulfonamides is 1. The largest absolute Gasteiger partial charge is 0.240 e. The Labute approximate surface area is 142 Å². The highest BCUT2D eigenvalue weighted by atomic mass is 32.2. The molecule has 2 rings (SSSR count). The summed E-state index contributed by atoms with van der Waals surface area (Å²) < 4.78 is 49.3. The van der Waals surface area contributed by atoms with Crippen LogP contribution >= 0.6 is 0 Å². The van der Waals surface area contributed by atoms with Crippen LogP contribution in [-0.2, 0) is 20.0 Å². The second-order valence-corrected chi connectivity index (χ2v) is 8.84. The third-order valence-corrected chi connectivity index (χ3v) is 6.11. The highest BCUT2D eigenvalue weighted by molar-refractivity contribution is 7.89. The molecule has 2 aromatic carbocycles. The van der Waals surface area contributed by atoms with Crippen LogP contribution in [0.3, 0.4) is 0 Å². The number of rotatable bonds is 7. The van der Waals surface area contributed by atoms with Crippen LogP contribution in [0.25, 0.3) is 0 Å². The molecule has 0 aliphatic carbocycles. The van der Waals surface area contributed by atoms with Gasteiger partial charge in [0, 0.05) is 6.54 Å². The molecule has 0 unspecified atom stereocenters. The zero-order chi connectivity index (χ0) is 17.8. The fourth-order valence-corrected chi connectivity index (χ4v) is 3.81. The lowest BCUT2D eigenvalue weighted by Crippen LogP contribution is -2.25. The van der Waals surface area contributed by atoms with E-state index in [1.54, 1.807) is 0 Å². The summed E-state index contributed by atoms with van der Waals surface area (Å²) in [6, 6.07) is 14.6. The van der Waals surface area contributed by atoms with E-state index in [4.69, 9.17) is 5.14 Å². The summed E-state index contributed by atoms with van der Waals surface area (Å²) in [6.45, 7) is 2.32. The van der Waals surface area contributed by atoms with Crippen LogP contribution in [-0.4, -0.2) is 23.4 Å². The number of nitrogens with two attached hydrogens (primary N) is 1. The van der Waals surface area contributed by atoms with Gasteiger partial charge in [-0.25, -0.2) is 26.7 Å². The van der Waals surface area contributed by atoms with Gasteiger partial charge in [-0.3, -0.25) is 0 Å². The minimum Gasteiger partial charge on any atom is -0.225 e. The zero-order valence-electron chi connectivity index (χ0n) is 13.2. The molecular weight excluding hydrogens is 348 g/mol. The van der Waals surface area contributed by atoms with Gasteiger partial charge in [0.25, 0.3) is 0 Å². The molecule has 130 valence electrons. The quantitative estimate of drug-likeness (QED) is 0.777. The monoisotopic (exact) mass is 368 g/mol. The lowest BCUT2D eigenvalue weighted by atomic mass is 9.98. The molecule has 3 N–H and O–H groups in total. The molecule has 6 nitrogen and oxygen atoms in total. The van der Waals surface area contributed by atoms with Crippen molar-refractivity contribution >= 4 is 20.0 Å². The summed E-state index contributed by atoms with van der Waals surface area (Å²) >= 11 is 0. The van der Waals surface area contributed by atoms with Crippen molar-refractivity contribution in [3.8, 4) is 0 Å². The van der Waals surface area contributed by atoms with Crippen LogP contribution in [0, 0.1) is 0 Å². The van der Waals surface area contributed by atoms with Gasteiger partial charge in [-0.05, 0) is 42.2 Å². The smallest absolute Gasteiger partial charge is 0.225 e. The molecule has 0 radical (unpaired) electrons. The number of hydrogen-bond donors (Lipinski definition) is 2. The first-order valence-electron chi connectivity index (χ1n) is 7.37. The van der Waals surface area contributed by atoms with Crippen LogP contribution in [0.1, 0.15) is 24.8 Å². The maximum absolute atomic E-state index is 12.2. The molecular formula is C16H20N2O4S2. The first-order valence-corrected chi connectivity index (χ1v) is 10.4. The van der Waals surface area contributed by atoms with Crippen molar-refractivity contribution in [1.29, 1.82) is 0 Å². The fourth-order valence-electron chi connectivity index (χ4n) is 2.25. The molecule has 0 spiro atoms. The van der Waals surface area contributed by atoms with E-state index in [9.17, 15) is 16.8 Å². The second kappa shape index (κ2) is 7.43. The molecule has 0 saturated heterocycles. The molecule has 0 aliphatic rings. The Balaban J connectivity index is 1.99. The summed E-state index contributed by atoms with van der Waals surface area (Å²) in [4.78, 5) is -0.124. The molecule has 2 aromatic rings. The lowest BCUT2D eigenvalue weighted by molar-refractivity contribution is 0.572. The maximum Gasteiger partial charge on any atom is 0.240 e. The summed E-state index contributed by atoms with van der Waals surface area (Å²) in [7, 11) is -7.53. The van der Waals surface area contributed by atoms with Crippen LogP contribution in [0.4, 0.5) is 0 Å². The maximum atomic E-state index is 12.2. The number of nitrogens with one attached hydrogen (secondary N) is 1. The van der Waals surface area contributed by atoms with Gasteiger partial charge < -0.3 is 0 Å². The van der Waals surface area contributed by atoms with Crippen molar-refractivity contribution in [1.82, 2.24) is 4.72 Å². The Bertz CT molecular complexity index is 877. The van der Waals surface area contributed by atoms with E-state index in [2.05, 4.69) is 4.72 Å². The van der Waals surface area contributed by atoms with Crippen LogP contribution in [0.2, 0.25) is 0 Å². The topological polar surface area (TPSA) is 106 Å². The lowest BCUT2D eigenvalue weighted by Gasteiger charge is -2.13. The molecule has 0 fully saturated rings. The standard InChI is InChI=1S/C16H20N2O4S2/c1-13(14-5-3-2-4-6-14)11-12-18-24(21,22)16-9-7-15(8-10-16)23(17,19)20/h2-10,13,18H,11-12H2,1H3,(H2,17,19,20)/t13-/m0/s1. The van der Waals surface area contributed by atoms with Crippen LogP contribution in [0.5, 0.6) is 0 Å². The SMILES string of the molecule is C[C@@H](CCNS(=O)(=O)c1ccc(S(N)(=O)=O)cc1)c1ccccc1. The summed E-state index contributed by atoms with van der Waals surface area (Å²) in [5.41, 5.74) is 1.15. The van der Waals surface area contributed by atoms with Gasteiger partial charge in [0.1, 0.15) is 0 Å². The van der Waals surface area contributed by atoms with E-state index < -0.39 is 20.0 Å². The van der Waals surface area contributed by atoms with Crippen LogP contribution < -0.4 is 9.86 Å². The molecule has 0 saturated carbocycles. The summed E-state index contributed by atoms with van der Waals surface area (Å²) in [5.74, 6) is 0.221. The van der Waals surface area contributed by atoms with Gasteiger partial charge in [0.15, 0.2) is 0 Å². The first kappa shape index (κ1) is 18.6. The molecule has 0 aromatic heterocycles. The van der Waals surface area contributed by atoms with Gasteiger partial charge in [0.05, 0.1) is 9.79 Å². The van der Waals surface area contributed by atoms with Gasteiger partial charge in [-0.1, -0.05) is 37.3 Å². The minimum absolute atomic E-state index is 0.00210. The Morgan fingerprint density at radius 1 is 0.917 bits per heavy atom. The van der Waals surface area contributed by atoms with Crippen molar-refractivity contribution in [3.05, 3.63) is 60.2 Å². The second-order valence-electron chi connectivity index (χ2n) is 5.51. The van der Waals surface area contributed by atoms with Crippen molar-refractivity contribution in [2.75, 3.05) is 6.54 Å². The zero-order valence-corrected chi connectivity index (χ0v) is 14.8. The van der Waals surface area contributed by atoms with Crippen LogP contribution in [0.15, 0.2) is 64.4 Å². The highest BCUT2D eigenvalue weighted by Gasteiger charge is 2.16. The predicted molar refractivity (Wildman–Crippen MR) is 92.5 cm³/mol. The van der Waals surface area contributed by atoms with Crippen molar-refractivity contribution in [3.63, 3.8) is 0 Å². The van der Waals surface area contributed by atoms with Crippen molar-refractivity contribution < 1.29 is 16.8 Å². The van der Waals surface area contributed by atoms with E-state index in [-0.39, 0.29) is 22.3 Å². The van der Waals surface area contributed by atoms with E-state index in [1.165, 1.54) is 24.3 Å². The Morgan fingerprint density at radius 3 is 2.00 bits per heavy atom. The van der Waals surface area contributed by atoms with E-state index in [0.717, 1.165) is 5.56 Å². The first-order chi connectivity index (χ1) is 11.2. The summed E-state index contributed by atoms with van der Waals surface area (Å²) in [5, 5.41) is 4.99.